The second-order valence-electron chi connectivity index (χ2n) is 3.32. The monoisotopic (exact) mass is 220 g/mol. The summed E-state index contributed by atoms with van der Waals surface area (Å²) in [6.07, 6.45) is 3.25. The molecule has 0 unspecified atom stereocenters. The highest BCUT2D eigenvalue weighted by Gasteiger charge is 2.15. The van der Waals surface area contributed by atoms with Crippen molar-refractivity contribution in [2.24, 2.45) is 0 Å². The molecule has 1 rings (SSSR count). The first-order valence-corrected chi connectivity index (χ1v) is 5.15. The van der Waals surface area contributed by atoms with Gasteiger partial charge in [-0.2, -0.15) is 0 Å². The Morgan fingerprint density at radius 3 is 2.69 bits per heavy atom. The summed E-state index contributed by atoms with van der Waals surface area (Å²) in [6, 6.07) is 7.55. The van der Waals surface area contributed by atoms with E-state index in [0.717, 1.165) is 5.56 Å². The zero-order chi connectivity index (χ0) is 12.0. The molecule has 0 heterocycles. The number of para-hydroxylation sites is 1. The molecule has 0 aliphatic carbocycles. The molecule has 0 aromatic heterocycles. The van der Waals surface area contributed by atoms with Gasteiger partial charge in [0.25, 0.3) is 0 Å². The number of carbonyl (C=O) groups excluding carboxylic acids is 1. The molecule has 0 spiro atoms. The molecular formula is C13H16O3. The first kappa shape index (κ1) is 12.3. The van der Waals surface area contributed by atoms with Crippen LogP contribution in [0.2, 0.25) is 0 Å². The summed E-state index contributed by atoms with van der Waals surface area (Å²) in [7, 11) is 1.35. The van der Waals surface area contributed by atoms with E-state index in [1.165, 1.54) is 7.11 Å². The normalized spacial score (nSPS) is 12.4. The minimum Gasteiger partial charge on any atom is -0.478 e. The largest absolute Gasteiger partial charge is 0.478 e. The Balaban J connectivity index is 2.84. The minimum atomic E-state index is -0.601. The number of ether oxygens (including phenoxy) is 2. The summed E-state index contributed by atoms with van der Waals surface area (Å²) in [5.74, 6) is 0.300. The van der Waals surface area contributed by atoms with Crippen LogP contribution in [-0.2, 0) is 9.53 Å². The Morgan fingerprint density at radius 1 is 1.38 bits per heavy atom. The molecule has 0 amide bonds. The number of carbonyl (C=O) groups is 1. The van der Waals surface area contributed by atoms with Crippen LogP contribution in [0.25, 0.3) is 6.08 Å². The topological polar surface area (TPSA) is 35.5 Å². The van der Waals surface area contributed by atoms with Crippen LogP contribution >= 0.6 is 0 Å². The zero-order valence-corrected chi connectivity index (χ0v) is 9.77. The highest BCUT2D eigenvalue weighted by Crippen LogP contribution is 2.20. The van der Waals surface area contributed by atoms with Crippen LogP contribution in [0.4, 0.5) is 0 Å². The maximum absolute atomic E-state index is 11.2. The van der Waals surface area contributed by atoms with E-state index in [2.05, 4.69) is 4.74 Å². The number of hydrogen-bond donors (Lipinski definition) is 0. The van der Waals surface area contributed by atoms with Crippen molar-refractivity contribution < 1.29 is 14.3 Å². The van der Waals surface area contributed by atoms with Crippen molar-refractivity contribution in [1.29, 1.82) is 0 Å². The molecule has 3 heteroatoms. The minimum absolute atomic E-state index is 0.379. The second-order valence-corrected chi connectivity index (χ2v) is 3.32. The fraction of sp³-hybridized carbons (Fsp3) is 0.308. The van der Waals surface area contributed by atoms with Gasteiger partial charge in [-0.25, -0.2) is 4.79 Å². The Hall–Kier alpha value is -1.77. The maximum atomic E-state index is 11.2. The number of esters is 1. The molecule has 0 bridgehead atoms. The fourth-order valence-electron chi connectivity index (χ4n) is 1.31. The van der Waals surface area contributed by atoms with Crippen LogP contribution in [0, 0.1) is 0 Å². The number of benzene rings is 1. The summed E-state index contributed by atoms with van der Waals surface area (Å²) in [5, 5.41) is 0. The van der Waals surface area contributed by atoms with Crippen LogP contribution in [0.5, 0.6) is 5.75 Å². The zero-order valence-electron chi connectivity index (χ0n) is 9.77. The third kappa shape index (κ3) is 3.12. The number of methoxy groups -OCH3 is 1. The molecule has 3 nitrogen and oxygen atoms in total. The maximum Gasteiger partial charge on any atom is 0.346 e. The molecule has 1 aromatic carbocycles. The highest BCUT2D eigenvalue weighted by atomic mass is 16.6. The predicted molar refractivity (Wildman–Crippen MR) is 63.3 cm³/mol. The summed E-state index contributed by atoms with van der Waals surface area (Å²) in [4.78, 5) is 11.2. The van der Waals surface area contributed by atoms with E-state index in [9.17, 15) is 4.79 Å². The Labute approximate surface area is 95.7 Å². The molecule has 0 saturated heterocycles. The van der Waals surface area contributed by atoms with Gasteiger partial charge < -0.3 is 9.47 Å². The molecule has 0 N–H and O–H groups in total. The first-order chi connectivity index (χ1) is 7.69. The Morgan fingerprint density at radius 2 is 2.06 bits per heavy atom. The molecule has 1 atom stereocenters. The molecule has 0 fully saturated rings. The molecule has 0 aliphatic rings. The molecule has 0 radical (unpaired) electrons. The number of hydrogen-bond acceptors (Lipinski definition) is 3. The van der Waals surface area contributed by atoms with Crippen molar-refractivity contribution in [3.8, 4) is 5.75 Å². The van der Waals surface area contributed by atoms with Gasteiger partial charge in [-0.3, -0.25) is 0 Å². The van der Waals surface area contributed by atoms with E-state index in [1.807, 2.05) is 43.3 Å². The van der Waals surface area contributed by atoms with Crippen LogP contribution in [-0.4, -0.2) is 19.2 Å². The summed E-state index contributed by atoms with van der Waals surface area (Å²) < 4.78 is 10.1. The standard InChI is InChI=1S/C13H16O3/c1-4-7-11-8-5-6-9-12(11)16-10(2)13(14)15-3/h4-10H,1-3H3/b7-4+/t10-/m1/s1. The lowest BCUT2D eigenvalue weighted by molar-refractivity contribution is -0.147. The third-order valence-corrected chi connectivity index (χ3v) is 2.10. The van der Waals surface area contributed by atoms with Crippen molar-refractivity contribution in [2.75, 3.05) is 7.11 Å². The van der Waals surface area contributed by atoms with Gasteiger partial charge >= 0.3 is 5.97 Å². The lowest BCUT2D eigenvalue weighted by atomic mass is 10.2. The Kier molecular flexibility index (Phi) is 4.58. The van der Waals surface area contributed by atoms with E-state index in [-0.39, 0.29) is 5.97 Å². The van der Waals surface area contributed by atoms with Gasteiger partial charge in [-0.05, 0) is 19.9 Å². The van der Waals surface area contributed by atoms with Gasteiger partial charge in [0.1, 0.15) is 5.75 Å². The lowest BCUT2D eigenvalue weighted by Gasteiger charge is -2.14. The average molecular weight is 220 g/mol. The second kappa shape index (κ2) is 5.95. The number of rotatable bonds is 4. The van der Waals surface area contributed by atoms with Gasteiger partial charge in [0, 0.05) is 5.56 Å². The molecule has 0 aliphatic heterocycles. The van der Waals surface area contributed by atoms with Crippen LogP contribution < -0.4 is 4.74 Å². The summed E-state index contributed by atoms with van der Waals surface area (Å²) in [6.45, 7) is 3.60. The van der Waals surface area contributed by atoms with E-state index in [1.54, 1.807) is 6.92 Å². The smallest absolute Gasteiger partial charge is 0.346 e. The van der Waals surface area contributed by atoms with Crippen molar-refractivity contribution in [3.63, 3.8) is 0 Å². The summed E-state index contributed by atoms with van der Waals surface area (Å²) in [5.41, 5.74) is 0.945. The third-order valence-electron chi connectivity index (χ3n) is 2.10. The van der Waals surface area contributed by atoms with Crippen molar-refractivity contribution in [1.82, 2.24) is 0 Å². The lowest BCUT2D eigenvalue weighted by Crippen LogP contribution is -2.25. The fourth-order valence-corrected chi connectivity index (χ4v) is 1.31. The predicted octanol–water partition coefficient (Wildman–Crippen LogP) is 2.66. The highest BCUT2D eigenvalue weighted by molar-refractivity contribution is 5.74. The van der Waals surface area contributed by atoms with Crippen molar-refractivity contribution in [3.05, 3.63) is 35.9 Å². The average Bonchev–Trinajstić information content (AvgIpc) is 2.31. The van der Waals surface area contributed by atoms with E-state index in [4.69, 9.17) is 4.74 Å². The molecule has 86 valence electrons. The van der Waals surface area contributed by atoms with Crippen molar-refractivity contribution >= 4 is 12.0 Å². The van der Waals surface area contributed by atoms with Gasteiger partial charge in [-0.1, -0.05) is 30.4 Å². The molecule has 1 aromatic rings. The van der Waals surface area contributed by atoms with E-state index < -0.39 is 6.10 Å². The SMILES string of the molecule is C/C=C/c1ccccc1O[C@H](C)C(=O)OC. The van der Waals surface area contributed by atoms with Crippen LogP contribution in [0.15, 0.2) is 30.3 Å². The van der Waals surface area contributed by atoms with E-state index in [0.29, 0.717) is 5.75 Å². The number of allylic oxidation sites excluding steroid dienone is 1. The van der Waals surface area contributed by atoms with Crippen LogP contribution in [0.1, 0.15) is 19.4 Å². The van der Waals surface area contributed by atoms with E-state index >= 15 is 0 Å². The van der Waals surface area contributed by atoms with Crippen molar-refractivity contribution in [2.45, 2.75) is 20.0 Å². The molecule has 16 heavy (non-hydrogen) atoms. The van der Waals surface area contributed by atoms with Gasteiger partial charge in [-0.15, -0.1) is 0 Å². The van der Waals surface area contributed by atoms with Gasteiger partial charge in [0.05, 0.1) is 7.11 Å². The quantitative estimate of drug-likeness (QED) is 0.732. The summed E-state index contributed by atoms with van der Waals surface area (Å²) >= 11 is 0. The molecular weight excluding hydrogens is 204 g/mol. The van der Waals surface area contributed by atoms with Gasteiger partial charge in [0.15, 0.2) is 6.10 Å². The first-order valence-electron chi connectivity index (χ1n) is 5.15. The van der Waals surface area contributed by atoms with Gasteiger partial charge in [0.2, 0.25) is 0 Å². The Bertz CT molecular complexity index is 383. The van der Waals surface area contributed by atoms with Crippen LogP contribution in [0.3, 0.4) is 0 Å². The molecule has 0 saturated carbocycles.